The number of anilines is 1. The van der Waals surface area contributed by atoms with Gasteiger partial charge in [-0.15, -0.1) is 0 Å². The molecule has 0 unspecified atom stereocenters. The Hall–Kier alpha value is -3.30. The van der Waals surface area contributed by atoms with Crippen LogP contribution < -0.4 is 5.32 Å². The molecule has 1 aliphatic heterocycles. The SMILES string of the molecule is CN(C)C/C=C/C(=O)N1CCCC[C@@H](n2c(NC(=O)c3ccnnc3)nc3cccc(Cl)c32)C1. The normalized spacial score (nSPS) is 16.8. The third kappa shape index (κ3) is 5.43. The van der Waals surface area contributed by atoms with E-state index >= 15 is 0 Å². The topological polar surface area (TPSA) is 96.2 Å². The quantitative estimate of drug-likeness (QED) is 0.542. The lowest BCUT2D eigenvalue weighted by Crippen LogP contribution is -2.34. The van der Waals surface area contributed by atoms with Crippen LogP contribution in [0.4, 0.5) is 5.95 Å². The van der Waals surface area contributed by atoms with E-state index in [0.29, 0.717) is 41.7 Å². The first kappa shape index (κ1) is 23.8. The number of carbonyl (C=O) groups is 2. The number of para-hydroxylation sites is 1. The third-order valence-corrected chi connectivity index (χ3v) is 6.09. The van der Waals surface area contributed by atoms with Crippen LogP contribution in [0.25, 0.3) is 11.0 Å². The summed E-state index contributed by atoms with van der Waals surface area (Å²) < 4.78 is 1.97. The zero-order valence-corrected chi connectivity index (χ0v) is 20.1. The van der Waals surface area contributed by atoms with E-state index in [0.717, 1.165) is 24.8 Å². The monoisotopic (exact) mass is 481 g/mol. The number of fused-ring (bicyclic) bond motifs is 1. The van der Waals surface area contributed by atoms with Gasteiger partial charge in [-0.2, -0.15) is 10.2 Å². The van der Waals surface area contributed by atoms with Crippen LogP contribution in [-0.2, 0) is 4.79 Å². The van der Waals surface area contributed by atoms with Gasteiger partial charge in [-0.05, 0) is 51.6 Å². The van der Waals surface area contributed by atoms with Crippen LogP contribution in [0.1, 0.15) is 35.7 Å². The van der Waals surface area contributed by atoms with Gasteiger partial charge in [0.05, 0.1) is 40.1 Å². The van der Waals surface area contributed by atoms with Crippen molar-refractivity contribution in [2.75, 3.05) is 39.0 Å². The summed E-state index contributed by atoms with van der Waals surface area (Å²) in [5.41, 5.74) is 1.81. The van der Waals surface area contributed by atoms with Gasteiger partial charge in [-0.25, -0.2) is 4.98 Å². The zero-order valence-electron chi connectivity index (χ0n) is 19.3. The maximum Gasteiger partial charge on any atom is 0.259 e. The summed E-state index contributed by atoms with van der Waals surface area (Å²) in [4.78, 5) is 34.3. The fraction of sp³-hybridized carbons (Fsp3) is 0.375. The molecule has 1 atom stereocenters. The van der Waals surface area contributed by atoms with E-state index in [1.165, 1.54) is 12.4 Å². The summed E-state index contributed by atoms with van der Waals surface area (Å²) in [5, 5.41) is 11.0. The number of hydrogen-bond acceptors (Lipinski definition) is 6. The van der Waals surface area contributed by atoms with E-state index < -0.39 is 0 Å². The van der Waals surface area contributed by atoms with Gasteiger partial charge >= 0.3 is 0 Å². The number of aromatic nitrogens is 4. The van der Waals surface area contributed by atoms with Gasteiger partial charge in [0.25, 0.3) is 5.91 Å². The number of rotatable bonds is 6. The van der Waals surface area contributed by atoms with Gasteiger partial charge in [-0.3, -0.25) is 14.9 Å². The number of likely N-dealkylation sites (N-methyl/N-ethyl adjacent to an activating group) is 1. The predicted molar refractivity (Wildman–Crippen MR) is 132 cm³/mol. The summed E-state index contributed by atoms with van der Waals surface area (Å²) in [6.07, 6.45) is 9.08. The lowest BCUT2D eigenvalue weighted by molar-refractivity contribution is -0.126. The summed E-state index contributed by atoms with van der Waals surface area (Å²) in [6, 6.07) is 7.01. The molecule has 178 valence electrons. The smallest absolute Gasteiger partial charge is 0.259 e. The lowest BCUT2D eigenvalue weighted by atomic mass is 10.1. The van der Waals surface area contributed by atoms with Crippen molar-refractivity contribution in [2.24, 2.45) is 0 Å². The molecule has 0 spiro atoms. The van der Waals surface area contributed by atoms with Crippen molar-refractivity contribution in [3.8, 4) is 0 Å². The summed E-state index contributed by atoms with van der Waals surface area (Å²) in [6.45, 7) is 1.89. The Kier molecular flexibility index (Phi) is 7.54. The van der Waals surface area contributed by atoms with Crippen LogP contribution in [0.15, 0.2) is 48.8 Å². The molecule has 1 saturated heterocycles. The number of nitrogens with one attached hydrogen (secondary N) is 1. The molecule has 1 fully saturated rings. The second-order valence-corrected chi connectivity index (χ2v) is 9.00. The maximum absolute atomic E-state index is 12.9. The second kappa shape index (κ2) is 10.8. The first-order valence-electron chi connectivity index (χ1n) is 11.3. The van der Waals surface area contributed by atoms with Crippen molar-refractivity contribution < 1.29 is 9.59 Å². The largest absolute Gasteiger partial charge is 0.337 e. The average Bonchev–Trinajstić information content (AvgIpc) is 3.01. The van der Waals surface area contributed by atoms with Gasteiger partial charge in [0.1, 0.15) is 0 Å². The Bertz CT molecular complexity index is 1190. The Balaban J connectivity index is 1.67. The number of imidazole rings is 1. The number of halogens is 1. The number of hydrogen-bond donors (Lipinski definition) is 1. The molecule has 3 heterocycles. The minimum atomic E-state index is -0.337. The molecular formula is C24H28ClN7O2. The standard InChI is InChI=1S/C24H28ClN7O2/c1-30(2)13-6-10-21(33)31-14-4-3-7-18(16-31)32-22-19(25)8-5-9-20(22)28-24(32)29-23(34)17-11-12-26-27-15-17/h5-6,8-12,15,18H,3-4,7,13-14,16H2,1-2H3,(H,28,29,34)/b10-6+/t18-/m1/s1. The highest BCUT2D eigenvalue weighted by atomic mass is 35.5. The summed E-state index contributed by atoms with van der Waals surface area (Å²) in [5.74, 6) is 0.0424. The van der Waals surface area contributed by atoms with Crippen molar-refractivity contribution in [3.05, 3.63) is 59.4 Å². The Morgan fingerprint density at radius 2 is 2.09 bits per heavy atom. The van der Waals surface area contributed by atoms with Crippen molar-refractivity contribution in [3.63, 3.8) is 0 Å². The number of carbonyl (C=O) groups excluding carboxylic acids is 2. The number of amides is 2. The molecule has 4 rings (SSSR count). The van der Waals surface area contributed by atoms with Gasteiger partial charge in [-0.1, -0.05) is 23.7 Å². The van der Waals surface area contributed by atoms with Crippen LogP contribution in [0.2, 0.25) is 5.02 Å². The third-order valence-electron chi connectivity index (χ3n) is 5.79. The highest BCUT2D eigenvalue weighted by Crippen LogP contribution is 2.34. The molecule has 0 saturated carbocycles. The van der Waals surface area contributed by atoms with Gasteiger partial charge in [0.15, 0.2) is 0 Å². The first-order valence-corrected chi connectivity index (χ1v) is 11.7. The van der Waals surface area contributed by atoms with Gasteiger partial charge < -0.3 is 14.4 Å². The predicted octanol–water partition coefficient (Wildman–Crippen LogP) is 3.40. The maximum atomic E-state index is 12.9. The number of benzene rings is 1. The number of likely N-dealkylation sites (tertiary alicyclic amines) is 1. The van der Waals surface area contributed by atoms with E-state index in [9.17, 15) is 9.59 Å². The van der Waals surface area contributed by atoms with E-state index in [-0.39, 0.29) is 17.9 Å². The van der Waals surface area contributed by atoms with Crippen molar-refractivity contribution in [2.45, 2.75) is 25.3 Å². The Morgan fingerprint density at radius 1 is 1.24 bits per heavy atom. The summed E-state index contributed by atoms with van der Waals surface area (Å²) >= 11 is 6.60. The Morgan fingerprint density at radius 3 is 2.85 bits per heavy atom. The van der Waals surface area contributed by atoms with E-state index in [1.54, 1.807) is 12.1 Å². The average molecular weight is 482 g/mol. The zero-order chi connectivity index (χ0) is 24.1. The minimum Gasteiger partial charge on any atom is -0.337 e. The molecule has 0 bridgehead atoms. The molecule has 2 aromatic heterocycles. The van der Waals surface area contributed by atoms with E-state index in [1.807, 2.05) is 52.7 Å². The first-order chi connectivity index (χ1) is 16.4. The van der Waals surface area contributed by atoms with Gasteiger partial charge in [0, 0.05) is 25.7 Å². The van der Waals surface area contributed by atoms with Crippen molar-refractivity contribution in [1.29, 1.82) is 0 Å². The molecule has 1 aromatic carbocycles. The highest BCUT2D eigenvalue weighted by molar-refractivity contribution is 6.35. The number of nitrogens with zero attached hydrogens (tertiary/aromatic N) is 6. The molecule has 9 nitrogen and oxygen atoms in total. The lowest BCUT2D eigenvalue weighted by Gasteiger charge is -2.26. The molecule has 1 aliphatic rings. The van der Waals surface area contributed by atoms with Crippen LogP contribution >= 0.6 is 11.6 Å². The molecule has 0 aliphatic carbocycles. The fourth-order valence-electron chi connectivity index (χ4n) is 4.15. The van der Waals surface area contributed by atoms with Crippen LogP contribution in [0.3, 0.4) is 0 Å². The van der Waals surface area contributed by atoms with Gasteiger partial charge in [0.2, 0.25) is 11.9 Å². The molecular weight excluding hydrogens is 454 g/mol. The summed E-state index contributed by atoms with van der Waals surface area (Å²) in [7, 11) is 3.92. The molecule has 3 aromatic rings. The molecule has 34 heavy (non-hydrogen) atoms. The molecule has 0 radical (unpaired) electrons. The van der Waals surface area contributed by atoms with Crippen molar-refractivity contribution >= 4 is 40.4 Å². The highest BCUT2D eigenvalue weighted by Gasteiger charge is 2.27. The molecule has 2 amide bonds. The molecule has 10 heteroatoms. The minimum absolute atomic E-state index is 0.0160. The van der Waals surface area contributed by atoms with Crippen LogP contribution in [0.5, 0.6) is 0 Å². The fourth-order valence-corrected chi connectivity index (χ4v) is 4.41. The Labute approximate surface area is 203 Å². The van der Waals surface area contributed by atoms with E-state index in [2.05, 4.69) is 20.5 Å². The van der Waals surface area contributed by atoms with Crippen LogP contribution in [0, 0.1) is 0 Å². The molecule has 1 N–H and O–H groups in total. The van der Waals surface area contributed by atoms with Crippen molar-refractivity contribution in [1.82, 2.24) is 29.5 Å². The second-order valence-electron chi connectivity index (χ2n) is 8.60. The van der Waals surface area contributed by atoms with Crippen LogP contribution in [-0.4, -0.2) is 75.1 Å². The van der Waals surface area contributed by atoms with E-state index in [4.69, 9.17) is 11.6 Å².